The number of hydrogen-bond donors (Lipinski definition) is 1. The topological polar surface area (TPSA) is 97.7 Å². The van der Waals surface area contributed by atoms with Gasteiger partial charge in [-0.05, 0) is 31.5 Å². The first-order valence-electron chi connectivity index (χ1n) is 4.94. The molecule has 0 aromatic heterocycles. The largest absolute Gasteiger partial charge is 0.443 e. The van der Waals surface area contributed by atoms with Crippen molar-refractivity contribution < 1.29 is 27.3 Å². The first-order chi connectivity index (χ1) is 8.20. The lowest BCUT2D eigenvalue weighted by molar-refractivity contribution is 0.0563. The summed E-state index contributed by atoms with van der Waals surface area (Å²) in [6.07, 6.45) is 0. The van der Waals surface area contributed by atoms with E-state index in [9.17, 15) is 18.0 Å². The second kappa shape index (κ2) is 5.28. The van der Waals surface area contributed by atoms with Crippen molar-refractivity contribution in [1.29, 1.82) is 0 Å². The van der Waals surface area contributed by atoms with Crippen LogP contribution in [0.15, 0.2) is 18.2 Å². The van der Waals surface area contributed by atoms with Gasteiger partial charge in [0.25, 0.3) is 0 Å². The van der Waals surface area contributed by atoms with Crippen molar-refractivity contribution in [2.75, 3.05) is 5.94 Å². The van der Waals surface area contributed by atoms with Gasteiger partial charge < -0.3 is 4.74 Å². The minimum atomic E-state index is -4.36. The average Bonchev–Trinajstić information content (AvgIpc) is 2.24. The standard InChI is InChI=1S/C11H12O6S/c1-7-5-9(8(2)12)3-4-10(7)11(13)17-6-18(14,15)16/h3-5H,6H2,1-2H3,(H,14,15,16). The van der Waals surface area contributed by atoms with Crippen LogP contribution in [0, 0.1) is 6.92 Å². The molecule has 0 saturated carbocycles. The molecule has 0 saturated heterocycles. The third-order valence-corrected chi connectivity index (χ3v) is 2.61. The predicted molar refractivity (Wildman–Crippen MR) is 63.0 cm³/mol. The van der Waals surface area contributed by atoms with E-state index in [4.69, 9.17) is 4.55 Å². The van der Waals surface area contributed by atoms with Crippen LogP contribution < -0.4 is 0 Å². The number of rotatable bonds is 4. The summed E-state index contributed by atoms with van der Waals surface area (Å²) < 4.78 is 33.7. The highest BCUT2D eigenvalue weighted by molar-refractivity contribution is 7.85. The van der Waals surface area contributed by atoms with E-state index in [0.717, 1.165) is 0 Å². The smallest absolute Gasteiger partial charge is 0.339 e. The Kier molecular flexibility index (Phi) is 4.20. The average molecular weight is 272 g/mol. The maximum Gasteiger partial charge on any atom is 0.339 e. The molecule has 0 bridgehead atoms. The molecule has 0 aliphatic heterocycles. The summed E-state index contributed by atoms with van der Waals surface area (Å²) in [4.78, 5) is 22.6. The SMILES string of the molecule is CC(=O)c1ccc(C(=O)OCS(=O)(=O)O)c(C)c1. The zero-order valence-electron chi connectivity index (χ0n) is 9.84. The molecule has 1 aromatic rings. The van der Waals surface area contributed by atoms with Crippen molar-refractivity contribution >= 4 is 21.9 Å². The van der Waals surface area contributed by atoms with E-state index < -0.39 is 22.0 Å². The van der Waals surface area contributed by atoms with E-state index in [2.05, 4.69) is 4.74 Å². The summed E-state index contributed by atoms with van der Waals surface area (Å²) in [5, 5.41) is 0. The van der Waals surface area contributed by atoms with E-state index in [0.29, 0.717) is 11.1 Å². The van der Waals surface area contributed by atoms with Crippen molar-refractivity contribution in [3.8, 4) is 0 Å². The Labute approximate surface area is 104 Å². The Morgan fingerprint density at radius 1 is 1.33 bits per heavy atom. The van der Waals surface area contributed by atoms with Crippen molar-refractivity contribution in [1.82, 2.24) is 0 Å². The summed E-state index contributed by atoms with van der Waals surface area (Å²) in [5.41, 5.74) is 1.07. The molecule has 0 spiro atoms. The molecule has 0 atom stereocenters. The maximum atomic E-state index is 11.5. The van der Waals surface area contributed by atoms with Gasteiger partial charge in [-0.25, -0.2) is 4.79 Å². The molecular formula is C11H12O6S. The number of ether oxygens (including phenoxy) is 1. The molecule has 98 valence electrons. The van der Waals surface area contributed by atoms with Crippen LogP contribution in [0.1, 0.15) is 33.2 Å². The lowest BCUT2D eigenvalue weighted by Crippen LogP contribution is -2.14. The molecule has 0 unspecified atom stereocenters. The number of Topliss-reactive ketones (excluding diaryl/α,β-unsaturated/α-hetero) is 1. The number of carbonyl (C=O) groups is 2. The van der Waals surface area contributed by atoms with Gasteiger partial charge in [0.05, 0.1) is 5.56 Å². The Hall–Kier alpha value is -1.73. The summed E-state index contributed by atoms with van der Waals surface area (Å²) in [7, 11) is -4.36. The summed E-state index contributed by atoms with van der Waals surface area (Å²) >= 11 is 0. The van der Waals surface area contributed by atoms with E-state index in [1.807, 2.05) is 0 Å². The monoisotopic (exact) mass is 272 g/mol. The Morgan fingerprint density at radius 3 is 2.39 bits per heavy atom. The van der Waals surface area contributed by atoms with Crippen LogP contribution in [0.3, 0.4) is 0 Å². The van der Waals surface area contributed by atoms with Gasteiger partial charge in [0.15, 0.2) is 5.78 Å². The number of aryl methyl sites for hydroxylation is 1. The van der Waals surface area contributed by atoms with Gasteiger partial charge in [-0.1, -0.05) is 6.07 Å². The molecule has 0 heterocycles. The van der Waals surface area contributed by atoms with Gasteiger partial charge in [0.1, 0.15) is 0 Å². The Bertz CT molecular complexity index is 588. The Morgan fingerprint density at radius 2 is 1.94 bits per heavy atom. The fourth-order valence-electron chi connectivity index (χ4n) is 1.32. The van der Waals surface area contributed by atoms with Crippen LogP contribution in [-0.4, -0.2) is 30.7 Å². The normalized spacial score (nSPS) is 11.1. The molecule has 0 fully saturated rings. The minimum Gasteiger partial charge on any atom is -0.443 e. The van der Waals surface area contributed by atoms with E-state index in [1.165, 1.54) is 25.1 Å². The van der Waals surface area contributed by atoms with E-state index in [1.54, 1.807) is 6.92 Å². The molecule has 0 aliphatic carbocycles. The minimum absolute atomic E-state index is 0.142. The number of benzene rings is 1. The van der Waals surface area contributed by atoms with Crippen molar-refractivity contribution in [2.24, 2.45) is 0 Å². The second-order valence-corrected chi connectivity index (χ2v) is 5.12. The zero-order valence-corrected chi connectivity index (χ0v) is 10.7. The first kappa shape index (κ1) is 14.3. The number of ketones is 1. The third kappa shape index (κ3) is 3.94. The first-order valence-corrected chi connectivity index (χ1v) is 6.55. The summed E-state index contributed by atoms with van der Waals surface area (Å²) in [5.74, 6) is -2.11. The van der Waals surface area contributed by atoms with Crippen LogP contribution in [-0.2, 0) is 14.9 Å². The highest BCUT2D eigenvalue weighted by Crippen LogP contribution is 2.13. The van der Waals surface area contributed by atoms with Gasteiger partial charge in [-0.3, -0.25) is 9.35 Å². The highest BCUT2D eigenvalue weighted by Gasteiger charge is 2.15. The van der Waals surface area contributed by atoms with Crippen molar-refractivity contribution in [3.63, 3.8) is 0 Å². The van der Waals surface area contributed by atoms with E-state index >= 15 is 0 Å². The fourth-order valence-corrected chi connectivity index (χ4v) is 1.57. The van der Waals surface area contributed by atoms with Gasteiger partial charge in [0.2, 0.25) is 5.94 Å². The Balaban J connectivity index is 2.91. The second-order valence-electron chi connectivity index (χ2n) is 3.72. The number of carbonyl (C=O) groups excluding carboxylic acids is 2. The number of hydrogen-bond acceptors (Lipinski definition) is 5. The summed E-state index contributed by atoms with van der Waals surface area (Å²) in [6.45, 7) is 2.99. The molecule has 0 radical (unpaired) electrons. The lowest BCUT2D eigenvalue weighted by Gasteiger charge is -2.06. The van der Waals surface area contributed by atoms with Gasteiger partial charge in [0, 0.05) is 5.56 Å². The van der Waals surface area contributed by atoms with Crippen molar-refractivity contribution in [2.45, 2.75) is 13.8 Å². The quantitative estimate of drug-likeness (QED) is 0.502. The van der Waals surface area contributed by atoms with Crippen molar-refractivity contribution in [3.05, 3.63) is 34.9 Å². The van der Waals surface area contributed by atoms with Crippen LogP contribution in [0.5, 0.6) is 0 Å². The van der Waals surface area contributed by atoms with Crippen LogP contribution in [0.25, 0.3) is 0 Å². The molecular weight excluding hydrogens is 260 g/mol. The predicted octanol–water partition coefficient (Wildman–Crippen LogP) is 1.20. The molecule has 1 N–H and O–H groups in total. The molecule has 1 aromatic carbocycles. The highest BCUT2D eigenvalue weighted by atomic mass is 32.2. The maximum absolute atomic E-state index is 11.5. The molecule has 18 heavy (non-hydrogen) atoms. The van der Waals surface area contributed by atoms with E-state index in [-0.39, 0.29) is 11.3 Å². The zero-order chi connectivity index (χ0) is 13.9. The van der Waals surface area contributed by atoms with Crippen LogP contribution in [0.4, 0.5) is 0 Å². The van der Waals surface area contributed by atoms with Crippen LogP contribution >= 0.6 is 0 Å². The summed E-state index contributed by atoms with van der Waals surface area (Å²) in [6, 6.07) is 4.32. The van der Waals surface area contributed by atoms with Gasteiger partial charge in [-0.2, -0.15) is 8.42 Å². The lowest BCUT2D eigenvalue weighted by atomic mass is 10.0. The van der Waals surface area contributed by atoms with Gasteiger partial charge >= 0.3 is 16.1 Å². The molecule has 0 amide bonds. The molecule has 0 aliphatic rings. The molecule has 7 heteroatoms. The molecule has 6 nitrogen and oxygen atoms in total. The fraction of sp³-hybridized carbons (Fsp3) is 0.273. The third-order valence-electron chi connectivity index (χ3n) is 2.19. The van der Waals surface area contributed by atoms with Gasteiger partial charge in [-0.15, -0.1) is 0 Å². The van der Waals surface area contributed by atoms with Crippen LogP contribution in [0.2, 0.25) is 0 Å². The number of esters is 1. The molecule has 1 rings (SSSR count).